The summed E-state index contributed by atoms with van der Waals surface area (Å²) in [6.45, 7) is 2.12. The molecular formula is C16H17B2N5O. The topological polar surface area (TPSA) is 70.2 Å². The Morgan fingerprint density at radius 1 is 1.21 bits per heavy atom. The Morgan fingerprint density at radius 3 is 2.79 bits per heavy atom. The Kier molecular flexibility index (Phi) is 4.85. The molecule has 1 fully saturated rings. The van der Waals surface area contributed by atoms with Gasteiger partial charge in [-0.05, 0) is 42.6 Å². The molecule has 1 aliphatic heterocycles. The second kappa shape index (κ2) is 7.05. The molecule has 1 saturated heterocycles. The third-order valence-electron chi connectivity index (χ3n) is 3.90. The minimum absolute atomic E-state index is 0.296. The number of hydrogen-bond acceptors (Lipinski definition) is 5. The fourth-order valence-electron chi connectivity index (χ4n) is 2.61. The molecule has 0 unspecified atom stereocenters. The van der Waals surface area contributed by atoms with Crippen LogP contribution < -0.4 is 15.5 Å². The zero-order valence-electron chi connectivity index (χ0n) is 13.3. The summed E-state index contributed by atoms with van der Waals surface area (Å²) in [6, 6.07) is 8.67. The maximum atomic E-state index is 12.4. The molecule has 0 bridgehead atoms. The first kappa shape index (κ1) is 16.5. The van der Waals surface area contributed by atoms with Crippen LogP contribution in [-0.4, -0.2) is 56.5 Å². The fraction of sp³-hybridized carbons (Fsp3) is 0.312. The minimum Gasteiger partial charge on any atom is -0.367 e. The summed E-state index contributed by atoms with van der Waals surface area (Å²) >= 11 is 0. The molecule has 24 heavy (non-hydrogen) atoms. The van der Waals surface area contributed by atoms with Crippen molar-refractivity contribution in [3.8, 4) is 0 Å². The van der Waals surface area contributed by atoms with Gasteiger partial charge in [-0.3, -0.25) is 9.78 Å². The molecule has 0 saturated carbocycles. The summed E-state index contributed by atoms with van der Waals surface area (Å²) in [5.41, 5.74) is 0.963. The van der Waals surface area contributed by atoms with Crippen molar-refractivity contribution in [2.75, 3.05) is 29.9 Å². The Labute approximate surface area is 143 Å². The normalized spacial score (nSPS) is 17.1. The van der Waals surface area contributed by atoms with Crippen molar-refractivity contribution in [2.45, 2.75) is 11.8 Å². The van der Waals surface area contributed by atoms with E-state index in [-0.39, 0.29) is 5.91 Å². The minimum atomic E-state index is -1.00. The third kappa shape index (κ3) is 3.76. The second-order valence-electron chi connectivity index (χ2n) is 5.71. The number of amides is 1. The van der Waals surface area contributed by atoms with Gasteiger partial charge in [0.25, 0.3) is 5.91 Å². The summed E-state index contributed by atoms with van der Waals surface area (Å²) < 4.78 is 0. The van der Waals surface area contributed by atoms with E-state index in [1.807, 2.05) is 11.0 Å². The van der Waals surface area contributed by atoms with Crippen molar-refractivity contribution in [1.82, 2.24) is 15.3 Å². The molecule has 4 radical (unpaired) electrons. The maximum absolute atomic E-state index is 12.4. The number of aromatic nitrogens is 2. The van der Waals surface area contributed by atoms with Gasteiger partial charge in [0.2, 0.25) is 0 Å². The number of carbonyl (C=O) groups is 1. The van der Waals surface area contributed by atoms with Crippen LogP contribution in [0.2, 0.25) is 0 Å². The Morgan fingerprint density at radius 2 is 2.00 bits per heavy atom. The molecular weight excluding hydrogens is 300 g/mol. The van der Waals surface area contributed by atoms with Crippen molar-refractivity contribution >= 4 is 33.1 Å². The van der Waals surface area contributed by atoms with Crippen LogP contribution in [-0.2, 0) is 0 Å². The Bertz CT molecular complexity index is 711. The van der Waals surface area contributed by atoms with Gasteiger partial charge >= 0.3 is 0 Å². The highest BCUT2D eigenvalue weighted by molar-refractivity contribution is 6.41. The van der Waals surface area contributed by atoms with E-state index in [1.54, 1.807) is 36.7 Å². The lowest BCUT2D eigenvalue weighted by Crippen LogP contribution is -2.51. The molecule has 2 aromatic rings. The molecule has 118 valence electrons. The van der Waals surface area contributed by atoms with Crippen LogP contribution in [0.1, 0.15) is 16.9 Å². The fourth-order valence-corrected chi connectivity index (χ4v) is 2.61. The first-order valence-electron chi connectivity index (χ1n) is 7.81. The number of hydrogen-bond donors (Lipinski definition) is 2. The number of pyridine rings is 2. The van der Waals surface area contributed by atoms with Crippen molar-refractivity contribution in [2.24, 2.45) is 0 Å². The SMILES string of the molecule is [B]C1([B])CCNCCN1c1cccc(C(=O)Nc2ccncc2)n1. The highest BCUT2D eigenvalue weighted by atomic mass is 16.1. The van der Waals surface area contributed by atoms with Crippen LogP contribution in [0.3, 0.4) is 0 Å². The van der Waals surface area contributed by atoms with Crippen molar-refractivity contribution in [3.63, 3.8) is 0 Å². The first-order valence-corrected chi connectivity index (χ1v) is 7.81. The van der Waals surface area contributed by atoms with Gasteiger partial charge in [-0.15, -0.1) is 0 Å². The van der Waals surface area contributed by atoms with Gasteiger partial charge in [0.05, 0.1) is 15.7 Å². The average molecular weight is 317 g/mol. The quantitative estimate of drug-likeness (QED) is 0.808. The molecule has 2 N–H and O–H groups in total. The van der Waals surface area contributed by atoms with Gasteiger partial charge in [0.1, 0.15) is 11.5 Å². The van der Waals surface area contributed by atoms with Gasteiger partial charge in [-0.1, -0.05) is 6.07 Å². The molecule has 3 heterocycles. The van der Waals surface area contributed by atoms with E-state index in [2.05, 4.69) is 20.6 Å². The van der Waals surface area contributed by atoms with Gasteiger partial charge in [0, 0.05) is 31.2 Å². The summed E-state index contributed by atoms with van der Waals surface area (Å²) in [5, 5.41) is 5.04. The van der Waals surface area contributed by atoms with E-state index in [9.17, 15) is 4.79 Å². The van der Waals surface area contributed by atoms with Crippen LogP contribution in [0.25, 0.3) is 0 Å². The number of nitrogens with one attached hydrogen (secondary N) is 2. The van der Waals surface area contributed by atoms with Gasteiger partial charge in [0.15, 0.2) is 0 Å². The molecule has 6 nitrogen and oxygen atoms in total. The molecule has 3 rings (SSSR count). The highest BCUT2D eigenvalue weighted by Gasteiger charge is 2.28. The van der Waals surface area contributed by atoms with Crippen LogP contribution in [0, 0.1) is 0 Å². The van der Waals surface area contributed by atoms with E-state index < -0.39 is 5.34 Å². The van der Waals surface area contributed by atoms with E-state index in [1.165, 1.54) is 0 Å². The van der Waals surface area contributed by atoms with E-state index >= 15 is 0 Å². The largest absolute Gasteiger partial charge is 0.367 e. The molecule has 0 atom stereocenters. The zero-order chi connectivity index (χ0) is 17.0. The molecule has 8 heteroatoms. The predicted molar refractivity (Wildman–Crippen MR) is 95.5 cm³/mol. The predicted octanol–water partition coefficient (Wildman–Crippen LogP) is 0.519. The Balaban J connectivity index is 1.82. The standard InChI is InChI=1S/C16H17B2N5O/c17-16(18)6-9-20-10-11-23(16)14-3-1-2-13(22-14)15(24)21-12-4-7-19-8-5-12/h1-5,7-8,20H,6,9-11H2,(H,19,21,24). The van der Waals surface area contributed by atoms with Gasteiger partial charge in [-0.25, -0.2) is 4.98 Å². The maximum Gasteiger partial charge on any atom is 0.274 e. The monoisotopic (exact) mass is 317 g/mol. The second-order valence-corrected chi connectivity index (χ2v) is 5.71. The van der Waals surface area contributed by atoms with Crippen LogP contribution in [0.5, 0.6) is 0 Å². The molecule has 1 aliphatic rings. The van der Waals surface area contributed by atoms with Crippen LogP contribution in [0.15, 0.2) is 42.7 Å². The lowest BCUT2D eigenvalue weighted by molar-refractivity contribution is 0.102. The van der Waals surface area contributed by atoms with E-state index in [0.717, 1.165) is 13.1 Å². The smallest absolute Gasteiger partial charge is 0.274 e. The van der Waals surface area contributed by atoms with Crippen molar-refractivity contribution in [1.29, 1.82) is 0 Å². The number of anilines is 2. The number of rotatable bonds is 3. The lowest BCUT2D eigenvalue weighted by atomic mass is 9.59. The molecule has 2 aromatic heterocycles. The molecule has 0 aliphatic carbocycles. The van der Waals surface area contributed by atoms with Crippen molar-refractivity contribution < 1.29 is 4.79 Å². The zero-order valence-corrected chi connectivity index (χ0v) is 13.3. The van der Waals surface area contributed by atoms with Gasteiger partial charge < -0.3 is 15.5 Å². The first-order chi connectivity index (χ1) is 11.6. The summed E-state index contributed by atoms with van der Waals surface area (Å²) in [5.74, 6) is 0.293. The molecule has 1 amide bonds. The highest BCUT2D eigenvalue weighted by Crippen LogP contribution is 2.22. The summed E-state index contributed by atoms with van der Waals surface area (Å²) in [7, 11) is 12.4. The van der Waals surface area contributed by atoms with E-state index in [4.69, 9.17) is 15.7 Å². The van der Waals surface area contributed by atoms with Gasteiger partial charge in [-0.2, -0.15) is 0 Å². The van der Waals surface area contributed by atoms with E-state index in [0.29, 0.717) is 30.2 Å². The summed E-state index contributed by atoms with van der Waals surface area (Å²) in [6.07, 6.45) is 3.81. The number of carbonyl (C=O) groups excluding carboxylic acids is 1. The third-order valence-corrected chi connectivity index (χ3v) is 3.90. The Hall–Kier alpha value is -2.34. The number of nitrogens with zero attached hydrogens (tertiary/aromatic N) is 3. The lowest BCUT2D eigenvalue weighted by Gasteiger charge is -2.39. The van der Waals surface area contributed by atoms with Crippen LogP contribution in [0.4, 0.5) is 11.5 Å². The molecule has 0 spiro atoms. The average Bonchev–Trinajstić information content (AvgIpc) is 2.76. The van der Waals surface area contributed by atoms with Crippen LogP contribution >= 0.6 is 0 Å². The summed E-state index contributed by atoms with van der Waals surface area (Å²) in [4.78, 5) is 22.6. The van der Waals surface area contributed by atoms with Crippen molar-refractivity contribution in [3.05, 3.63) is 48.4 Å². The molecule has 0 aromatic carbocycles.